The van der Waals surface area contributed by atoms with Crippen LogP contribution in [0.4, 0.5) is 10.1 Å². The third-order valence-electron chi connectivity index (χ3n) is 5.90. The number of H-pyrrole nitrogens is 1. The highest BCUT2D eigenvalue weighted by molar-refractivity contribution is 6.30. The minimum absolute atomic E-state index is 0.0853. The lowest BCUT2D eigenvalue weighted by Crippen LogP contribution is -2.47. The molecule has 7 heteroatoms. The van der Waals surface area contributed by atoms with Crippen LogP contribution in [-0.2, 0) is 0 Å². The van der Waals surface area contributed by atoms with Crippen molar-refractivity contribution in [3.63, 3.8) is 0 Å². The Morgan fingerprint density at radius 3 is 2.56 bits per heavy atom. The van der Waals surface area contributed by atoms with Gasteiger partial charge in [0.25, 0.3) is 5.91 Å². The number of aromatic nitrogens is 1. The average Bonchev–Trinajstić information content (AvgIpc) is 3.19. The molecule has 32 heavy (non-hydrogen) atoms. The van der Waals surface area contributed by atoms with Crippen LogP contribution in [-0.4, -0.2) is 55.1 Å². The zero-order valence-electron chi connectivity index (χ0n) is 18.2. The van der Waals surface area contributed by atoms with Crippen LogP contribution < -0.4 is 10.2 Å². The number of hydrogen-bond donors (Lipinski definition) is 2. The van der Waals surface area contributed by atoms with Gasteiger partial charge in [-0.25, -0.2) is 4.39 Å². The Hall–Kier alpha value is -2.83. The van der Waals surface area contributed by atoms with E-state index in [1.165, 1.54) is 17.8 Å². The summed E-state index contributed by atoms with van der Waals surface area (Å²) in [4.78, 5) is 20.6. The van der Waals surface area contributed by atoms with Gasteiger partial charge in [0, 0.05) is 54.8 Å². The van der Waals surface area contributed by atoms with Crippen LogP contribution in [0.25, 0.3) is 11.3 Å². The summed E-state index contributed by atoms with van der Waals surface area (Å²) in [5, 5.41) is 3.79. The lowest BCUT2D eigenvalue weighted by atomic mass is 10.1. The molecule has 2 heterocycles. The molecular formula is C25H28ClFN4O. The van der Waals surface area contributed by atoms with Crippen molar-refractivity contribution in [1.82, 2.24) is 15.2 Å². The number of halogens is 2. The van der Waals surface area contributed by atoms with Crippen molar-refractivity contribution in [2.45, 2.75) is 13.3 Å². The van der Waals surface area contributed by atoms with Gasteiger partial charge in [0.1, 0.15) is 5.82 Å². The van der Waals surface area contributed by atoms with Gasteiger partial charge in [-0.1, -0.05) is 17.7 Å². The summed E-state index contributed by atoms with van der Waals surface area (Å²) in [6, 6.07) is 16.1. The molecule has 5 nitrogen and oxygen atoms in total. The van der Waals surface area contributed by atoms with Gasteiger partial charge in [-0.2, -0.15) is 0 Å². The molecule has 1 aliphatic heterocycles. The summed E-state index contributed by atoms with van der Waals surface area (Å²) in [6.07, 6.45) is 0.900. The maximum absolute atomic E-state index is 13.1. The Morgan fingerprint density at radius 1 is 1.09 bits per heavy atom. The summed E-state index contributed by atoms with van der Waals surface area (Å²) < 4.78 is 13.1. The molecule has 0 atom stereocenters. The summed E-state index contributed by atoms with van der Waals surface area (Å²) in [5.41, 5.74) is 4.26. The third kappa shape index (κ3) is 5.50. The molecule has 168 valence electrons. The fourth-order valence-corrected chi connectivity index (χ4v) is 4.27. The molecule has 1 amide bonds. The van der Waals surface area contributed by atoms with Crippen molar-refractivity contribution >= 4 is 23.2 Å². The minimum Gasteiger partial charge on any atom is -0.369 e. The first-order chi connectivity index (χ1) is 15.5. The number of carbonyl (C=O) groups excluding carboxylic acids is 1. The first kappa shape index (κ1) is 22.4. The van der Waals surface area contributed by atoms with E-state index in [-0.39, 0.29) is 11.7 Å². The molecule has 1 saturated heterocycles. The summed E-state index contributed by atoms with van der Waals surface area (Å²) >= 11 is 6.11. The number of aryl methyl sites for hydroxylation is 1. The van der Waals surface area contributed by atoms with Gasteiger partial charge in [-0.3, -0.25) is 9.69 Å². The van der Waals surface area contributed by atoms with E-state index < -0.39 is 0 Å². The van der Waals surface area contributed by atoms with Gasteiger partial charge in [0.15, 0.2) is 0 Å². The Kier molecular flexibility index (Phi) is 7.12. The van der Waals surface area contributed by atoms with Gasteiger partial charge in [0.2, 0.25) is 0 Å². The molecule has 0 bridgehead atoms. The van der Waals surface area contributed by atoms with Crippen molar-refractivity contribution in [2.24, 2.45) is 0 Å². The van der Waals surface area contributed by atoms with E-state index in [1.54, 1.807) is 12.1 Å². The van der Waals surface area contributed by atoms with Crippen molar-refractivity contribution < 1.29 is 9.18 Å². The molecule has 4 rings (SSSR count). The molecule has 0 unspecified atom stereocenters. The Labute approximate surface area is 193 Å². The summed E-state index contributed by atoms with van der Waals surface area (Å²) in [6.45, 7) is 7.40. The van der Waals surface area contributed by atoms with Crippen molar-refractivity contribution in [1.29, 1.82) is 0 Å². The molecule has 2 N–H and O–H groups in total. The maximum atomic E-state index is 13.1. The van der Waals surface area contributed by atoms with Crippen molar-refractivity contribution in [3.05, 3.63) is 76.7 Å². The number of piperazine rings is 1. The SMILES string of the molecule is Cc1[nH]c(-c2ccc(F)cc2)cc1C(=O)NCCCN1CCN(c2cccc(Cl)c2)CC1. The predicted octanol–water partition coefficient (Wildman–Crippen LogP) is 4.72. The largest absolute Gasteiger partial charge is 0.369 e. The van der Waals surface area contributed by atoms with E-state index >= 15 is 0 Å². The zero-order valence-corrected chi connectivity index (χ0v) is 19.0. The third-order valence-corrected chi connectivity index (χ3v) is 6.13. The van der Waals surface area contributed by atoms with E-state index in [0.29, 0.717) is 12.1 Å². The molecule has 0 spiro atoms. The van der Waals surface area contributed by atoms with Crippen molar-refractivity contribution in [2.75, 3.05) is 44.2 Å². The molecule has 0 saturated carbocycles. The monoisotopic (exact) mass is 454 g/mol. The van der Waals surface area contributed by atoms with Gasteiger partial charge in [0.05, 0.1) is 5.56 Å². The minimum atomic E-state index is -0.277. The lowest BCUT2D eigenvalue weighted by molar-refractivity contribution is 0.0951. The predicted molar refractivity (Wildman–Crippen MR) is 128 cm³/mol. The number of rotatable bonds is 7. The first-order valence-electron chi connectivity index (χ1n) is 11.0. The van der Waals surface area contributed by atoms with Crippen molar-refractivity contribution in [3.8, 4) is 11.3 Å². The molecule has 3 aromatic rings. The van der Waals surface area contributed by atoms with Crippen LogP contribution in [0, 0.1) is 12.7 Å². The van der Waals surface area contributed by atoms with Gasteiger partial charge < -0.3 is 15.2 Å². The first-order valence-corrected chi connectivity index (χ1v) is 11.3. The van der Waals surface area contributed by atoms with E-state index in [2.05, 4.69) is 26.2 Å². The highest BCUT2D eigenvalue weighted by atomic mass is 35.5. The molecule has 0 aliphatic carbocycles. The van der Waals surface area contributed by atoms with Crippen LogP contribution in [0.5, 0.6) is 0 Å². The maximum Gasteiger partial charge on any atom is 0.253 e. The smallest absolute Gasteiger partial charge is 0.253 e. The van der Waals surface area contributed by atoms with E-state index in [1.807, 2.05) is 31.2 Å². The number of benzene rings is 2. The fraction of sp³-hybridized carbons (Fsp3) is 0.320. The standard InChI is InChI=1S/C25H28ClFN4O/c1-18-23(17-24(29-18)19-6-8-21(27)9-7-19)25(32)28-10-3-11-30-12-14-31(15-13-30)22-5-2-4-20(26)16-22/h2,4-9,16-17,29H,3,10-15H2,1H3,(H,28,32). The highest BCUT2D eigenvalue weighted by Gasteiger charge is 2.17. The molecule has 0 radical (unpaired) electrons. The highest BCUT2D eigenvalue weighted by Crippen LogP contribution is 2.22. The number of hydrogen-bond acceptors (Lipinski definition) is 3. The van der Waals surface area contributed by atoms with Gasteiger partial charge >= 0.3 is 0 Å². The molecule has 2 aromatic carbocycles. The molecular weight excluding hydrogens is 427 g/mol. The second-order valence-corrected chi connectivity index (χ2v) is 8.58. The normalized spacial score (nSPS) is 14.5. The number of carbonyl (C=O) groups is 1. The zero-order chi connectivity index (χ0) is 22.5. The molecule has 1 aliphatic rings. The quantitative estimate of drug-likeness (QED) is 0.508. The Balaban J connectivity index is 1.21. The molecule has 1 aromatic heterocycles. The van der Waals surface area contributed by atoms with Crippen LogP contribution in [0.15, 0.2) is 54.6 Å². The Bertz CT molecular complexity index is 1060. The van der Waals surface area contributed by atoms with E-state index in [0.717, 1.165) is 61.1 Å². The number of nitrogens with zero attached hydrogens (tertiary/aromatic N) is 2. The lowest BCUT2D eigenvalue weighted by Gasteiger charge is -2.36. The second-order valence-electron chi connectivity index (χ2n) is 8.15. The number of aromatic amines is 1. The topological polar surface area (TPSA) is 51.4 Å². The van der Waals surface area contributed by atoms with E-state index in [4.69, 9.17) is 11.6 Å². The number of amides is 1. The number of nitrogens with one attached hydrogen (secondary N) is 2. The second kappa shape index (κ2) is 10.2. The van der Waals surface area contributed by atoms with Crippen LogP contribution >= 0.6 is 11.6 Å². The average molecular weight is 455 g/mol. The fourth-order valence-electron chi connectivity index (χ4n) is 4.08. The summed E-state index contributed by atoms with van der Waals surface area (Å²) in [7, 11) is 0. The Morgan fingerprint density at radius 2 is 1.84 bits per heavy atom. The van der Waals surface area contributed by atoms with Crippen LogP contribution in [0.2, 0.25) is 5.02 Å². The summed E-state index contributed by atoms with van der Waals surface area (Å²) in [5.74, 6) is -0.362. The number of anilines is 1. The van der Waals surface area contributed by atoms with Crippen LogP contribution in [0.1, 0.15) is 22.5 Å². The van der Waals surface area contributed by atoms with Gasteiger partial charge in [-0.05, 0) is 74.0 Å². The van der Waals surface area contributed by atoms with E-state index in [9.17, 15) is 9.18 Å². The van der Waals surface area contributed by atoms with Gasteiger partial charge in [-0.15, -0.1) is 0 Å². The van der Waals surface area contributed by atoms with Crippen LogP contribution in [0.3, 0.4) is 0 Å². The molecule has 1 fully saturated rings.